The number of hydrogen-bond acceptors (Lipinski definition) is 3. The van der Waals surface area contributed by atoms with Gasteiger partial charge in [0.05, 0.1) is 17.7 Å². The van der Waals surface area contributed by atoms with Gasteiger partial charge < -0.3 is 14.4 Å². The highest BCUT2D eigenvalue weighted by molar-refractivity contribution is 5.90. The highest BCUT2D eigenvalue weighted by Gasteiger charge is 2.34. The van der Waals surface area contributed by atoms with E-state index in [0.717, 1.165) is 6.42 Å². The predicted octanol–water partition coefficient (Wildman–Crippen LogP) is 1.30. The van der Waals surface area contributed by atoms with Crippen LogP contribution in [0.1, 0.15) is 35.0 Å². The minimum Gasteiger partial charge on any atom is -0.478 e. The fourth-order valence-electron chi connectivity index (χ4n) is 2.71. The molecule has 5 heteroatoms. The van der Waals surface area contributed by atoms with Gasteiger partial charge >= 0.3 is 5.97 Å². The fourth-order valence-corrected chi connectivity index (χ4v) is 2.71. The number of hydrogen-bond donors (Lipinski definition) is 1. The molecule has 0 radical (unpaired) electrons. The molecule has 1 unspecified atom stereocenters. The normalized spacial score (nSPS) is 23.3. The van der Waals surface area contributed by atoms with Crippen molar-refractivity contribution in [3.8, 4) is 0 Å². The lowest BCUT2D eigenvalue weighted by Crippen LogP contribution is -2.41. The molecule has 98 valence electrons. The molecule has 0 aliphatic carbocycles. The lowest BCUT2D eigenvalue weighted by molar-refractivity contribution is 0.0692. The molecular formula is C13H17NO4. The average molecular weight is 251 g/mol. The van der Waals surface area contributed by atoms with E-state index in [9.17, 15) is 14.7 Å². The van der Waals surface area contributed by atoms with Crippen molar-refractivity contribution in [2.24, 2.45) is 0 Å². The van der Waals surface area contributed by atoms with Crippen LogP contribution in [0.15, 0.2) is 10.9 Å². The van der Waals surface area contributed by atoms with Gasteiger partial charge in [0.25, 0.3) is 5.56 Å². The molecule has 2 heterocycles. The maximum atomic E-state index is 12.1. The molecule has 0 saturated carbocycles. The molecule has 1 saturated heterocycles. The van der Waals surface area contributed by atoms with Gasteiger partial charge in [-0.25, -0.2) is 4.79 Å². The minimum absolute atomic E-state index is 0.164. The van der Waals surface area contributed by atoms with Crippen LogP contribution in [0, 0.1) is 13.8 Å². The van der Waals surface area contributed by atoms with Gasteiger partial charge in [-0.05, 0) is 32.8 Å². The molecule has 1 atom stereocenters. The van der Waals surface area contributed by atoms with Crippen LogP contribution in [0.2, 0.25) is 0 Å². The van der Waals surface area contributed by atoms with E-state index in [1.165, 1.54) is 6.07 Å². The summed E-state index contributed by atoms with van der Waals surface area (Å²) in [7, 11) is 0. The molecule has 0 spiro atoms. The zero-order valence-corrected chi connectivity index (χ0v) is 10.8. The summed E-state index contributed by atoms with van der Waals surface area (Å²) < 4.78 is 6.91. The second-order valence-electron chi connectivity index (χ2n) is 5.07. The molecule has 0 amide bonds. The van der Waals surface area contributed by atoms with Gasteiger partial charge in [-0.3, -0.25) is 4.79 Å². The molecule has 18 heavy (non-hydrogen) atoms. The summed E-state index contributed by atoms with van der Waals surface area (Å²) in [6.07, 6.45) is 0.718. The predicted molar refractivity (Wildman–Crippen MR) is 66.2 cm³/mol. The Kier molecular flexibility index (Phi) is 3.02. The molecule has 1 aliphatic heterocycles. The Morgan fingerprint density at radius 3 is 2.67 bits per heavy atom. The molecular weight excluding hydrogens is 234 g/mol. The van der Waals surface area contributed by atoms with Crippen LogP contribution in [-0.2, 0) is 10.3 Å². The van der Waals surface area contributed by atoms with Gasteiger partial charge in [0, 0.05) is 18.4 Å². The zero-order chi connectivity index (χ0) is 13.5. The van der Waals surface area contributed by atoms with Crippen molar-refractivity contribution in [1.29, 1.82) is 0 Å². The molecule has 1 N–H and O–H groups in total. The standard InChI is InChI=1S/C13H17NO4/c1-8-6-10(15)14(9(2)11(8)12(16)17)13(3)4-5-18-7-13/h6H,4-5,7H2,1-3H3,(H,16,17). The van der Waals surface area contributed by atoms with Crippen LogP contribution >= 0.6 is 0 Å². The first-order valence-electron chi connectivity index (χ1n) is 5.91. The van der Waals surface area contributed by atoms with Crippen LogP contribution in [0.4, 0.5) is 0 Å². The highest BCUT2D eigenvalue weighted by Crippen LogP contribution is 2.28. The van der Waals surface area contributed by atoms with E-state index < -0.39 is 11.5 Å². The van der Waals surface area contributed by atoms with Crippen LogP contribution < -0.4 is 5.56 Å². The summed E-state index contributed by atoms with van der Waals surface area (Å²) in [5.41, 5.74) is 0.606. The smallest absolute Gasteiger partial charge is 0.337 e. The van der Waals surface area contributed by atoms with Crippen molar-refractivity contribution in [2.45, 2.75) is 32.7 Å². The highest BCUT2D eigenvalue weighted by atomic mass is 16.5. The molecule has 5 nitrogen and oxygen atoms in total. The van der Waals surface area contributed by atoms with Gasteiger partial charge in [0.1, 0.15) is 0 Å². The van der Waals surface area contributed by atoms with Gasteiger partial charge in [-0.2, -0.15) is 0 Å². The van der Waals surface area contributed by atoms with E-state index in [0.29, 0.717) is 24.5 Å². The summed E-state index contributed by atoms with van der Waals surface area (Å²) in [5, 5.41) is 9.24. The van der Waals surface area contributed by atoms with E-state index in [-0.39, 0.29) is 11.1 Å². The Hall–Kier alpha value is -1.62. The van der Waals surface area contributed by atoms with Gasteiger partial charge in [0.15, 0.2) is 0 Å². The van der Waals surface area contributed by atoms with E-state index in [2.05, 4.69) is 0 Å². The Bertz CT molecular complexity index is 553. The number of aromatic carboxylic acids is 1. The van der Waals surface area contributed by atoms with E-state index >= 15 is 0 Å². The number of aryl methyl sites for hydroxylation is 1. The summed E-state index contributed by atoms with van der Waals surface area (Å²) in [4.78, 5) is 23.4. The van der Waals surface area contributed by atoms with Crippen molar-refractivity contribution in [3.63, 3.8) is 0 Å². The summed E-state index contributed by atoms with van der Waals surface area (Å²) in [5.74, 6) is -0.999. The number of aromatic nitrogens is 1. The Labute approximate surface area is 105 Å². The lowest BCUT2D eigenvalue weighted by atomic mass is 9.98. The molecule has 0 bridgehead atoms. The molecule has 1 aromatic heterocycles. The van der Waals surface area contributed by atoms with E-state index in [4.69, 9.17) is 4.74 Å². The fraction of sp³-hybridized carbons (Fsp3) is 0.538. The van der Waals surface area contributed by atoms with Crippen LogP contribution in [0.3, 0.4) is 0 Å². The number of nitrogens with zero attached hydrogens (tertiary/aromatic N) is 1. The molecule has 1 fully saturated rings. The second-order valence-corrected chi connectivity index (χ2v) is 5.07. The number of carboxylic acids is 1. The van der Waals surface area contributed by atoms with Crippen molar-refractivity contribution in [3.05, 3.63) is 33.2 Å². The third-order valence-corrected chi connectivity index (χ3v) is 3.60. The maximum Gasteiger partial charge on any atom is 0.337 e. The molecule has 0 aromatic carbocycles. The van der Waals surface area contributed by atoms with Crippen molar-refractivity contribution >= 4 is 5.97 Å². The maximum absolute atomic E-state index is 12.1. The minimum atomic E-state index is -0.999. The largest absolute Gasteiger partial charge is 0.478 e. The average Bonchev–Trinajstić information content (AvgIpc) is 2.63. The molecule has 2 rings (SSSR count). The van der Waals surface area contributed by atoms with Crippen molar-refractivity contribution in [1.82, 2.24) is 4.57 Å². The summed E-state index contributed by atoms with van der Waals surface area (Å²) in [6, 6.07) is 1.39. The van der Waals surface area contributed by atoms with Crippen molar-refractivity contribution < 1.29 is 14.6 Å². The number of carboxylic acid groups (broad SMARTS) is 1. The van der Waals surface area contributed by atoms with Crippen LogP contribution in [0.5, 0.6) is 0 Å². The first-order valence-corrected chi connectivity index (χ1v) is 5.91. The Morgan fingerprint density at radius 2 is 2.17 bits per heavy atom. The van der Waals surface area contributed by atoms with E-state index in [1.807, 2.05) is 6.92 Å². The number of carbonyl (C=O) groups is 1. The van der Waals surface area contributed by atoms with Gasteiger partial charge in [0.2, 0.25) is 0 Å². The number of pyridine rings is 1. The molecule has 1 aromatic rings. The van der Waals surface area contributed by atoms with E-state index in [1.54, 1.807) is 18.4 Å². The topological polar surface area (TPSA) is 68.5 Å². The van der Waals surface area contributed by atoms with Crippen molar-refractivity contribution in [2.75, 3.05) is 13.2 Å². The Balaban J connectivity index is 2.72. The monoisotopic (exact) mass is 251 g/mol. The Morgan fingerprint density at radius 1 is 1.50 bits per heavy atom. The summed E-state index contributed by atoms with van der Waals surface area (Å²) in [6.45, 7) is 6.29. The first kappa shape index (κ1) is 12.8. The summed E-state index contributed by atoms with van der Waals surface area (Å²) >= 11 is 0. The van der Waals surface area contributed by atoms with Crippen LogP contribution in [0.25, 0.3) is 0 Å². The second kappa shape index (κ2) is 4.24. The van der Waals surface area contributed by atoms with Gasteiger partial charge in [-0.1, -0.05) is 0 Å². The quantitative estimate of drug-likeness (QED) is 0.860. The SMILES string of the molecule is Cc1cc(=O)n(C2(C)CCOC2)c(C)c1C(=O)O. The third-order valence-electron chi connectivity index (χ3n) is 3.60. The number of rotatable bonds is 2. The zero-order valence-electron chi connectivity index (χ0n) is 10.8. The number of ether oxygens (including phenoxy) is 1. The first-order chi connectivity index (χ1) is 8.37. The lowest BCUT2D eigenvalue weighted by Gasteiger charge is -2.28. The molecule has 1 aliphatic rings. The van der Waals surface area contributed by atoms with Crippen LogP contribution in [-0.4, -0.2) is 28.9 Å². The van der Waals surface area contributed by atoms with Gasteiger partial charge in [-0.15, -0.1) is 0 Å². The third kappa shape index (κ3) is 1.84.